The summed E-state index contributed by atoms with van der Waals surface area (Å²) in [6.45, 7) is 4.57. The molecule has 126 valence electrons. The number of anilines is 1. The van der Waals surface area contributed by atoms with E-state index in [1.807, 2.05) is 30.3 Å². The van der Waals surface area contributed by atoms with Crippen LogP contribution in [0.1, 0.15) is 18.5 Å². The summed E-state index contributed by atoms with van der Waals surface area (Å²) in [6.07, 6.45) is 1.92. The highest BCUT2D eigenvalue weighted by atomic mass is 32.1. The zero-order valence-electron chi connectivity index (χ0n) is 14.0. The second-order valence-corrected chi connectivity index (χ2v) is 7.55. The molecular formula is C17H21N5OS. The molecule has 2 amide bonds. The van der Waals surface area contributed by atoms with Gasteiger partial charge in [0.1, 0.15) is 5.82 Å². The zero-order valence-corrected chi connectivity index (χ0v) is 14.8. The number of urea groups is 1. The van der Waals surface area contributed by atoms with Gasteiger partial charge in [-0.15, -0.1) is 11.3 Å². The smallest absolute Gasteiger partial charge is 0.317 e. The molecule has 0 bridgehead atoms. The van der Waals surface area contributed by atoms with Crippen LogP contribution < -0.4 is 10.2 Å². The molecule has 6 nitrogen and oxygen atoms in total. The number of nitrogens with zero attached hydrogens (tertiary/aromatic N) is 4. The summed E-state index contributed by atoms with van der Waals surface area (Å²) in [5.41, 5.74) is 0.949. The van der Waals surface area contributed by atoms with Crippen molar-refractivity contribution in [1.82, 2.24) is 20.2 Å². The number of piperidine rings is 1. The van der Waals surface area contributed by atoms with E-state index in [-0.39, 0.29) is 11.6 Å². The Kier molecular flexibility index (Phi) is 3.68. The Balaban J connectivity index is 1.55. The molecule has 0 aromatic carbocycles. The maximum atomic E-state index is 11.8. The molecule has 0 aliphatic carbocycles. The molecule has 1 spiro atoms. The van der Waals surface area contributed by atoms with Crippen LogP contribution >= 0.6 is 11.3 Å². The molecule has 2 aromatic rings. The van der Waals surface area contributed by atoms with E-state index in [1.54, 1.807) is 11.3 Å². The van der Waals surface area contributed by atoms with Gasteiger partial charge in [-0.25, -0.2) is 14.8 Å². The molecule has 2 saturated heterocycles. The van der Waals surface area contributed by atoms with Gasteiger partial charge in [0.25, 0.3) is 0 Å². The molecule has 2 aromatic heterocycles. The first-order valence-corrected chi connectivity index (χ1v) is 9.12. The third kappa shape index (κ3) is 2.53. The summed E-state index contributed by atoms with van der Waals surface area (Å²) in [7, 11) is 1.90. The molecule has 0 unspecified atom stereocenters. The molecule has 0 radical (unpaired) electrons. The minimum Gasteiger partial charge on any atom is -0.356 e. The Hall–Kier alpha value is -2.15. The Labute approximate surface area is 145 Å². The van der Waals surface area contributed by atoms with Crippen molar-refractivity contribution in [2.45, 2.75) is 25.3 Å². The van der Waals surface area contributed by atoms with Crippen molar-refractivity contribution in [2.75, 3.05) is 31.6 Å². The zero-order chi connectivity index (χ0) is 16.7. The fraction of sp³-hybridized carbons (Fsp3) is 0.471. The third-order valence-electron chi connectivity index (χ3n) is 5.19. The molecule has 0 atom stereocenters. The Bertz CT molecular complexity index is 752. The normalized spacial score (nSPS) is 19.8. The first-order chi connectivity index (χ1) is 11.6. The molecule has 1 N–H and O–H groups in total. The van der Waals surface area contributed by atoms with Crippen LogP contribution in [0.15, 0.2) is 23.6 Å². The van der Waals surface area contributed by atoms with Crippen LogP contribution in [0, 0.1) is 6.92 Å². The fourth-order valence-corrected chi connectivity index (χ4v) is 4.24. The molecule has 7 heteroatoms. The SMILES string of the molecule is Cc1cc(N2CCC3(CC2)CNC(=O)N3C)nc(-c2cccs2)n1. The van der Waals surface area contributed by atoms with Crippen molar-refractivity contribution in [3.05, 3.63) is 29.3 Å². The number of nitrogens with one attached hydrogen (secondary N) is 1. The molecule has 0 saturated carbocycles. The predicted molar refractivity (Wildman–Crippen MR) is 95.4 cm³/mol. The van der Waals surface area contributed by atoms with E-state index in [1.165, 1.54) is 0 Å². The molecule has 24 heavy (non-hydrogen) atoms. The summed E-state index contributed by atoms with van der Waals surface area (Å²) in [5.74, 6) is 1.79. The van der Waals surface area contributed by atoms with Gasteiger partial charge in [-0.2, -0.15) is 0 Å². The first kappa shape index (κ1) is 15.4. The van der Waals surface area contributed by atoms with Crippen molar-refractivity contribution < 1.29 is 4.79 Å². The molecule has 2 aliphatic rings. The standard InChI is InChI=1S/C17H21N5OS/c1-12-10-14(20-15(19-12)13-4-3-9-24-13)22-7-5-17(6-8-22)11-18-16(23)21(17)2/h3-4,9-10H,5-8,11H2,1-2H3,(H,18,23). The second-order valence-electron chi connectivity index (χ2n) is 6.60. The van der Waals surface area contributed by atoms with Crippen LogP contribution in [0.2, 0.25) is 0 Å². The Morgan fingerprint density at radius 3 is 2.71 bits per heavy atom. The largest absolute Gasteiger partial charge is 0.356 e. The van der Waals surface area contributed by atoms with E-state index < -0.39 is 0 Å². The quantitative estimate of drug-likeness (QED) is 0.910. The number of likely N-dealkylation sites (N-methyl/N-ethyl adjacent to an activating group) is 1. The second kappa shape index (κ2) is 5.73. The summed E-state index contributed by atoms with van der Waals surface area (Å²) in [5, 5.41) is 5.01. The molecule has 2 fully saturated rings. The number of thiophene rings is 1. The average Bonchev–Trinajstić information content (AvgIpc) is 3.21. The predicted octanol–water partition coefficient (Wildman–Crippen LogP) is 2.51. The summed E-state index contributed by atoms with van der Waals surface area (Å²) in [6, 6.07) is 6.17. The summed E-state index contributed by atoms with van der Waals surface area (Å²) < 4.78 is 0. The van der Waals surface area contributed by atoms with E-state index in [4.69, 9.17) is 4.98 Å². The Morgan fingerprint density at radius 2 is 2.08 bits per heavy atom. The van der Waals surface area contributed by atoms with E-state index in [9.17, 15) is 4.79 Å². The van der Waals surface area contributed by atoms with Gasteiger partial charge in [0, 0.05) is 38.4 Å². The van der Waals surface area contributed by atoms with Gasteiger partial charge in [0.2, 0.25) is 0 Å². The van der Waals surface area contributed by atoms with Gasteiger partial charge in [0.05, 0.1) is 10.4 Å². The van der Waals surface area contributed by atoms with Crippen LogP contribution in [-0.2, 0) is 0 Å². The number of hydrogen-bond donors (Lipinski definition) is 1. The number of carbonyl (C=O) groups excluding carboxylic acids is 1. The lowest BCUT2D eigenvalue weighted by molar-refractivity contribution is 0.155. The van der Waals surface area contributed by atoms with Gasteiger partial charge in [-0.1, -0.05) is 6.07 Å². The molecular weight excluding hydrogens is 322 g/mol. The Morgan fingerprint density at radius 1 is 1.29 bits per heavy atom. The number of aromatic nitrogens is 2. The molecule has 2 aliphatic heterocycles. The minimum absolute atomic E-state index is 0.0355. The highest BCUT2D eigenvalue weighted by Gasteiger charge is 2.45. The number of aryl methyl sites for hydroxylation is 1. The van der Waals surface area contributed by atoms with Gasteiger partial charge in [0.15, 0.2) is 5.82 Å². The maximum absolute atomic E-state index is 11.8. The number of hydrogen-bond acceptors (Lipinski definition) is 5. The van der Waals surface area contributed by atoms with Crippen LogP contribution in [0.5, 0.6) is 0 Å². The first-order valence-electron chi connectivity index (χ1n) is 8.24. The van der Waals surface area contributed by atoms with Crippen LogP contribution in [0.3, 0.4) is 0 Å². The number of rotatable bonds is 2. The monoisotopic (exact) mass is 343 g/mol. The van der Waals surface area contributed by atoms with Gasteiger partial charge >= 0.3 is 6.03 Å². The van der Waals surface area contributed by atoms with Crippen molar-refractivity contribution in [1.29, 1.82) is 0 Å². The lowest BCUT2D eigenvalue weighted by Gasteiger charge is -2.42. The number of carbonyl (C=O) groups is 1. The van der Waals surface area contributed by atoms with E-state index in [0.29, 0.717) is 0 Å². The highest BCUT2D eigenvalue weighted by molar-refractivity contribution is 7.13. The van der Waals surface area contributed by atoms with E-state index >= 15 is 0 Å². The van der Waals surface area contributed by atoms with Gasteiger partial charge in [-0.3, -0.25) is 0 Å². The van der Waals surface area contributed by atoms with E-state index in [2.05, 4.69) is 27.3 Å². The lowest BCUT2D eigenvalue weighted by Crippen LogP contribution is -2.53. The van der Waals surface area contributed by atoms with Crippen molar-refractivity contribution in [3.8, 4) is 10.7 Å². The number of amides is 2. The average molecular weight is 343 g/mol. The van der Waals surface area contributed by atoms with Crippen LogP contribution in [0.4, 0.5) is 10.6 Å². The fourth-order valence-electron chi connectivity index (χ4n) is 3.59. The van der Waals surface area contributed by atoms with Crippen molar-refractivity contribution in [3.63, 3.8) is 0 Å². The van der Waals surface area contributed by atoms with E-state index in [0.717, 1.165) is 54.7 Å². The van der Waals surface area contributed by atoms with Crippen molar-refractivity contribution in [2.24, 2.45) is 0 Å². The lowest BCUT2D eigenvalue weighted by atomic mass is 9.87. The minimum atomic E-state index is -0.0355. The summed E-state index contributed by atoms with van der Waals surface area (Å²) >= 11 is 1.66. The highest BCUT2D eigenvalue weighted by Crippen LogP contribution is 2.33. The van der Waals surface area contributed by atoms with Gasteiger partial charge in [-0.05, 0) is 31.2 Å². The summed E-state index contributed by atoms with van der Waals surface area (Å²) in [4.78, 5) is 26.4. The topological polar surface area (TPSA) is 61.4 Å². The molecule has 4 rings (SSSR count). The third-order valence-corrected chi connectivity index (χ3v) is 6.05. The molecule has 4 heterocycles. The van der Waals surface area contributed by atoms with Crippen molar-refractivity contribution >= 4 is 23.2 Å². The maximum Gasteiger partial charge on any atom is 0.317 e. The van der Waals surface area contributed by atoms with Crippen LogP contribution in [-0.4, -0.2) is 53.1 Å². The van der Waals surface area contributed by atoms with Crippen LogP contribution in [0.25, 0.3) is 10.7 Å². The van der Waals surface area contributed by atoms with Gasteiger partial charge < -0.3 is 15.1 Å².